The number of fused-ring (bicyclic) bond motifs is 3. The lowest BCUT2D eigenvalue weighted by Crippen LogP contribution is -2.42. The number of hydrogen-bond acceptors (Lipinski definition) is 4. The van der Waals surface area contributed by atoms with E-state index in [-0.39, 0.29) is 18.0 Å². The molecular formula is C17H22N6O2. The molecule has 25 heavy (non-hydrogen) atoms. The highest BCUT2D eigenvalue weighted by Gasteiger charge is 2.29. The van der Waals surface area contributed by atoms with E-state index in [1.54, 1.807) is 6.20 Å². The van der Waals surface area contributed by atoms with Gasteiger partial charge in [0, 0.05) is 30.7 Å². The van der Waals surface area contributed by atoms with Crippen LogP contribution in [0.25, 0.3) is 22.1 Å². The monoisotopic (exact) mass is 342 g/mol. The van der Waals surface area contributed by atoms with Gasteiger partial charge in [0.05, 0.1) is 24.4 Å². The summed E-state index contributed by atoms with van der Waals surface area (Å²) in [5.41, 5.74) is 2.54. The first-order valence-corrected chi connectivity index (χ1v) is 8.70. The average molecular weight is 342 g/mol. The van der Waals surface area contributed by atoms with Crippen LogP contribution in [-0.4, -0.2) is 45.7 Å². The van der Waals surface area contributed by atoms with Crippen molar-refractivity contribution in [2.75, 3.05) is 19.8 Å². The van der Waals surface area contributed by atoms with Crippen molar-refractivity contribution >= 4 is 28.1 Å². The van der Waals surface area contributed by atoms with E-state index in [1.165, 1.54) is 0 Å². The number of nitrogens with zero attached hydrogens (tertiary/aromatic N) is 2. The van der Waals surface area contributed by atoms with Gasteiger partial charge in [-0.1, -0.05) is 0 Å². The standard InChI is InChI=1S/C17H22N6O2/c1-2-18-17(24)23-13(10-4-3-7-25-9-10)16-21-12-8-20-15-11(5-6-19-15)14(12)22-16/h5-6,8,10,13H,2-4,7,9H2,1H3,(H,19,20)(H,21,22)(H2,18,23,24)/t10?,13-/m0/s1. The molecule has 1 unspecified atom stereocenters. The highest BCUT2D eigenvalue weighted by Crippen LogP contribution is 2.30. The molecule has 4 rings (SSSR count). The fraction of sp³-hybridized carbons (Fsp3) is 0.471. The fourth-order valence-electron chi connectivity index (χ4n) is 3.44. The Hall–Kier alpha value is -2.61. The molecule has 1 aliphatic heterocycles. The molecule has 0 aromatic carbocycles. The van der Waals surface area contributed by atoms with Crippen molar-refractivity contribution in [3.63, 3.8) is 0 Å². The van der Waals surface area contributed by atoms with Crippen LogP contribution in [0.15, 0.2) is 18.5 Å². The number of imidazole rings is 1. The smallest absolute Gasteiger partial charge is 0.315 e. The molecule has 4 N–H and O–H groups in total. The van der Waals surface area contributed by atoms with Crippen molar-refractivity contribution in [1.82, 2.24) is 30.6 Å². The Labute approximate surface area is 144 Å². The number of nitrogens with one attached hydrogen (secondary N) is 4. The molecule has 1 saturated heterocycles. The van der Waals surface area contributed by atoms with Crippen molar-refractivity contribution in [1.29, 1.82) is 0 Å². The van der Waals surface area contributed by atoms with Gasteiger partial charge in [-0.25, -0.2) is 14.8 Å². The second-order valence-electron chi connectivity index (χ2n) is 6.34. The molecule has 0 aliphatic carbocycles. The van der Waals surface area contributed by atoms with Gasteiger partial charge in [-0.05, 0) is 25.8 Å². The number of aromatic amines is 2. The van der Waals surface area contributed by atoms with E-state index in [4.69, 9.17) is 9.72 Å². The predicted molar refractivity (Wildman–Crippen MR) is 94.2 cm³/mol. The molecule has 4 heterocycles. The Morgan fingerprint density at radius 1 is 1.52 bits per heavy atom. The summed E-state index contributed by atoms with van der Waals surface area (Å²) in [6.45, 7) is 3.87. The maximum Gasteiger partial charge on any atom is 0.315 e. The summed E-state index contributed by atoms with van der Waals surface area (Å²) in [7, 11) is 0. The zero-order valence-corrected chi connectivity index (χ0v) is 14.1. The minimum Gasteiger partial charge on any atom is -0.381 e. The first kappa shape index (κ1) is 15.9. The van der Waals surface area contributed by atoms with E-state index < -0.39 is 0 Å². The molecule has 0 radical (unpaired) electrons. The van der Waals surface area contributed by atoms with Crippen LogP contribution in [0, 0.1) is 5.92 Å². The first-order chi connectivity index (χ1) is 12.3. The van der Waals surface area contributed by atoms with Crippen molar-refractivity contribution in [3.8, 4) is 0 Å². The van der Waals surface area contributed by atoms with E-state index >= 15 is 0 Å². The van der Waals surface area contributed by atoms with Crippen LogP contribution >= 0.6 is 0 Å². The summed E-state index contributed by atoms with van der Waals surface area (Å²) < 4.78 is 5.63. The van der Waals surface area contributed by atoms with Gasteiger partial charge in [0.1, 0.15) is 17.0 Å². The van der Waals surface area contributed by atoms with E-state index in [2.05, 4.69) is 25.6 Å². The zero-order valence-electron chi connectivity index (χ0n) is 14.1. The molecule has 2 amide bonds. The van der Waals surface area contributed by atoms with E-state index in [1.807, 2.05) is 19.2 Å². The quantitative estimate of drug-likeness (QED) is 0.583. The number of hydrogen-bond donors (Lipinski definition) is 4. The summed E-state index contributed by atoms with van der Waals surface area (Å²) >= 11 is 0. The van der Waals surface area contributed by atoms with Gasteiger partial charge in [-0.3, -0.25) is 0 Å². The lowest BCUT2D eigenvalue weighted by molar-refractivity contribution is 0.0395. The third-order valence-electron chi connectivity index (χ3n) is 4.65. The number of ether oxygens (including phenoxy) is 1. The molecule has 8 heteroatoms. The molecule has 3 aromatic rings. The van der Waals surface area contributed by atoms with E-state index in [0.29, 0.717) is 13.2 Å². The minimum absolute atomic E-state index is 0.187. The van der Waals surface area contributed by atoms with Gasteiger partial charge in [-0.2, -0.15) is 0 Å². The lowest BCUT2D eigenvalue weighted by Gasteiger charge is -2.29. The number of H-pyrrole nitrogens is 2. The van der Waals surface area contributed by atoms with E-state index in [9.17, 15) is 4.79 Å². The molecule has 1 aliphatic rings. The Bertz CT molecular complexity index is 880. The Balaban J connectivity index is 1.72. The number of carbonyl (C=O) groups is 1. The molecule has 0 bridgehead atoms. The third-order valence-corrected chi connectivity index (χ3v) is 4.65. The Morgan fingerprint density at radius 2 is 2.44 bits per heavy atom. The third kappa shape index (κ3) is 3.05. The van der Waals surface area contributed by atoms with Gasteiger partial charge in [0.15, 0.2) is 0 Å². The average Bonchev–Trinajstić information content (AvgIpc) is 3.26. The lowest BCUT2D eigenvalue weighted by atomic mass is 9.93. The highest BCUT2D eigenvalue weighted by atomic mass is 16.5. The topological polar surface area (TPSA) is 108 Å². The van der Waals surface area contributed by atoms with Crippen molar-refractivity contribution in [3.05, 3.63) is 24.3 Å². The molecule has 132 valence electrons. The predicted octanol–water partition coefficient (Wildman–Crippen LogP) is 2.23. The maximum atomic E-state index is 12.1. The summed E-state index contributed by atoms with van der Waals surface area (Å²) in [5, 5.41) is 6.84. The largest absolute Gasteiger partial charge is 0.381 e. The van der Waals surface area contributed by atoms with Gasteiger partial charge >= 0.3 is 6.03 Å². The molecule has 2 atom stereocenters. The Morgan fingerprint density at radius 3 is 3.24 bits per heavy atom. The van der Waals surface area contributed by atoms with Crippen LogP contribution in [0.2, 0.25) is 0 Å². The van der Waals surface area contributed by atoms with E-state index in [0.717, 1.165) is 47.3 Å². The maximum absolute atomic E-state index is 12.1. The molecule has 1 fully saturated rings. The molecule has 0 saturated carbocycles. The van der Waals surface area contributed by atoms with Crippen LogP contribution in [-0.2, 0) is 4.74 Å². The second kappa shape index (κ2) is 6.72. The van der Waals surface area contributed by atoms with Gasteiger partial charge in [-0.15, -0.1) is 0 Å². The van der Waals surface area contributed by atoms with Crippen LogP contribution in [0.5, 0.6) is 0 Å². The fourth-order valence-corrected chi connectivity index (χ4v) is 3.44. The van der Waals surface area contributed by atoms with Gasteiger partial charge in [0.25, 0.3) is 0 Å². The number of rotatable bonds is 4. The highest BCUT2D eigenvalue weighted by molar-refractivity contribution is 6.00. The van der Waals surface area contributed by atoms with Crippen LogP contribution in [0.1, 0.15) is 31.6 Å². The summed E-state index contributed by atoms with van der Waals surface area (Å²) in [5.74, 6) is 0.929. The molecule has 0 spiro atoms. The van der Waals surface area contributed by atoms with Crippen molar-refractivity contribution < 1.29 is 9.53 Å². The summed E-state index contributed by atoms with van der Waals surface area (Å²) in [6.07, 6.45) is 5.58. The first-order valence-electron chi connectivity index (χ1n) is 8.70. The SMILES string of the molecule is CCNC(=O)N[C@H](c1nc2cnc3[nH]ccc3c2[nH]1)C1CCCOC1. The number of aromatic nitrogens is 4. The summed E-state index contributed by atoms with van der Waals surface area (Å²) in [6, 6.07) is 1.56. The Kier molecular flexibility index (Phi) is 4.27. The van der Waals surface area contributed by atoms with Crippen LogP contribution < -0.4 is 10.6 Å². The molecule has 8 nitrogen and oxygen atoms in total. The second-order valence-corrected chi connectivity index (χ2v) is 6.34. The number of pyridine rings is 1. The normalized spacial score (nSPS) is 19.2. The van der Waals surface area contributed by atoms with Crippen molar-refractivity contribution in [2.45, 2.75) is 25.8 Å². The van der Waals surface area contributed by atoms with Crippen LogP contribution in [0.3, 0.4) is 0 Å². The number of amides is 2. The number of urea groups is 1. The van der Waals surface area contributed by atoms with Crippen LogP contribution in [0.4, 0.5) is 4.79 Å². The summed E-state index contributed by atoms with van der Waals surface area (Å²) in [4.78, 5) is 27.7. The number of carbonyl (C=O) groups excluding carboxylic acids is 1. The van der Waals surface area contributed by atoms with Crippen molar-refractivity contribution in [2.24, 2.45) is 5.92 Å². The molecular weight excluding hydrogens is 320 g/mol. The minimum atomic E-state index is -0.228. The van der Waals surface area contributed by atoms with Gasteiger partial charge < -0.3 is 25.3 Å². The molecule has 3 aromatic heterocycles. The zero-order chi connectivity index (χ0) is 17.2. The van der Waals surface area contributed by atoms with Gasteiger partial charge in [0.2, 0.25) is 0 Å².